The van der Waals surface area contributed by atoms with Gasteiger partial charge in [-0.3, -0.25) is 9.52 Å². The maximum absolute atomic E-state index is 13.0. The fraction of sp³-hybridized carbons (Fsp3) is 0.136. The Labute approximate surface area is 191 Å². The number of hydrogen-bond acceptors (Lipinski definition) is 4. The van der Waals surface area contributed by atoms with E-state index in [0.29, 0.717) is 39.2 Å². The van der Waals surface area contributed by atoms with Crippen LogP contribution in [-0.2, 0) is 10.0 Å². The maximum Gasteiger partial charge on any atom is 0.261 e. The first-order valence-electron chi connectivity index (χ1n) is 9.32. The van der Waals surface area contributed by atoms with E-state index in [9.17, 15) is 13.2 Å². The number of amides is 1. The molecule has 0 fully saturated rings. The molecule has 3 aromatic rings. The molecule has 9 heteroatoms. The van der Waals surface area contributed by atoms with Gasteiger partial charge in [0.1, 0.15) is 5.75 Å². The van der Waals surface area contributed by atoms with Crippen molar-refractivity contribution in [2.24, 2.45) is 0 Å². The Morgan fingerprint density at radius 1 is 0.968 bits per heavy atom. The van der Waals surface area contributed by atoms with Gasteiger partial charge in [0.15, 0.2) is 0 Å². The van der Waals surface area contributed by atoms with Gasteiger partial charge in [-0.05, 0) is 67.9 Å². The van der Waals surface area contributed by atoms with Gasteiger partial charge in [-0.2, -0.15) is 0 Å². The summed E-state index contributed by atoms with van der Waals surface area (Å²) in [6.07, 6.45) is 0. The SMILES string of the molecule is CCOc1ccc(S(=O)(=O)Nc2cc(Cl)ccc2C)cc1NC(=O)c1cccc(Cl)c1. The third-order valence-electron chi connectivity index (χ3n) is 4.34. The Bertz CT molecular complexity index is 1230. The van der Waals surface area contributed by atoms with Crippen LogP contribution >= 0.6 is 23.2 Å². The number of anilines is 2. The van der Waals surface area contributed by atoms with Gasteiger partial charge in [-0.1, -0.05) is 35.3 Å². The van der Waals surface area contributed by atoms with Crippen LogP contribution in [0.4, 0.5) is 11.4 Å². The average molecular weight is 479 g/mol. The summed E-state index contributed by atoms with van der Waals surface area (Å²) in [5, 5.41) is 3.52. The van der Waals surface area contributed by atoms with Crippen molar-refractivity contribution < 1.29 is 17.9 Å². The second-order valence-corrected chi connectivity index (χ2v) is 9.18. The number of ether oxygens (including phenoxy) is 1. The van der Waals surface area contributed by atoms with Crippen molar-refractivity contribution in [3.05, 3.63) is 81.8 Å². The quantitative estimate of drug-likeness (QED) is 0.452. The highest BCUT2D eigenvalue weighted by molar-refractivity contribution is 7.92. The molecule has 3 aromatic carbocycles. The van der Waals surface area contributed by atoms with Crippen molar-refractivity contribution in [1.29, 1.82) is 0 Å². The second kappa shape index (κ2) is 9.60. The van der Waals surface area contributed by atoms with Crippen molar-refractivity contribution in [3.63, 3.8) is 0 Å². The van der Waals surface area contributed by atoms with Crippen LogP contribution < -0.4 is 14.8 Å². The topological polar surface area (TPSA) is 84.5 Å². The molecule has 162 valence electrons. The van der Waals surface area contributed by atoms with E-state index in [-0.39, 0.29) is 10.6 Å². The van der Waals surface area contributed by atoms with Crippen molar-refractivity contribution in [2.45, 2.75) is 18.7 Å². The Kier molecular flexibility index (Phi) is 7.10. The highest BCUT2D eigenvalue weighted by Gasteiger charge is 2.19. The number of hydrogen-bond donors (Lipinski definition) is 2. The number of carbonyl (C=O) groups excluding carboxylic acids is 1. The summed E-state index contributed by atoms with van der Waals surface area (Å²) in [6.45, 7) is 3.89. The van der Waals surface area contributed by atoms with Gasteiger partial charge in [0.05, 0.1) is 22.9 Å². The van der Waals surface area contributed by atoms with E-state index in [0.717, 1.165) is 0 Å². The first kappa shape index (κ1) is 22.9. The lowest BCUT2D eigenvalue weighted by Gasteiger charge is -2.15. The largest absolute Gasteiger partial charge is 0.492 e. The van der Waals surface area contributed by atoms with E-state index in [2.05, 4.69) is 10.0 Å². The lowest BCUT2D eigenvalue weighted by molar-refractivity contribution is 0.102. The molecule has 31 heavy (non-hydrogen) atoms. The van der Waals surface area contributed by atoms with Gasteiger partial charge in [0.25, 0.3) is 15.9 Å². The zero-order valence-electron chi connectivity index (χ0n) is 16.8. The zero-order valence-corrected chi connectivity index (χ0v) is 19.1. The van der Waals surface area contributed by atoms with Crippen LogP contribution in [0.25, 0.3) is 0 Å². The molecule has 3 rings (SSSR count). The minimum absolute atomic E-state index is 0.0447. The molecule has 0 saturated heterocycles. The molecule has 0 aliphatic carbocycles. The first-order valence-corrected chi connectivity index (χ1v) is 11.6. The fourth-order valence-corrected chi connectivity index (χ4v) is 4.30. The monoisotopic (exact) mass is 478 g/mol. The predicted molar refractivity (Wildman–Crippen MR) is 124 cm³/mol. The number of halogens is 2. The summed E-state index contributed by atoms with van der Waals surface area (Å²) in [6, 6.07) is 15.6. The standard InChI is InChI=1S/C22H20Cl2N2O4S/c1-3-30-21-10-9-18(31(28,29)26-19-12-17(24)8-7-14(19)2)13-20(21)25-22(27)15-5-4-6-16(23)11-15/h4-13,26H,3H2,1-2H3,(H,25,27). The third-order valence-corrected chi connectivity index (χ3v) is 6.17. The molecule has 1 amide bonds. The van der Waals surface area contributed by atoms with E-state index in [1.165, 1.54) is 30.3 Å². The molecule has 0 bridgehead atoms. The van der Waals surface area contributed by atoms with Crippen LogP contribution in [0.15, 0.2) is 65.6 Å². The Balaban J connectivity index is 1.95. The van der Waals surface area contributed by atoms with E-state index in [1.807, 2.05) is 0 Å². The molecule has 0 aliphatic heterocycles. The highest BCUT2D eigenvalue weighted by Crippen LogP contribution is 2.30. The molecule has 0 atom stereocenters. The minimum atomic E-state index is -3.95. The van der Waals surface area contributed by atoms with Crippen LogP contribution in [0.5, 0.6) is 5.75 Å². The first-order chi connectivity index (χ1) is 14.7. The maximum atomic E-state index is 13.0. The average Bonchev–Trinajstić information content (AvgIpc) is 2.72. The van der Waals surface area contributed by atoms with Gasteiger partial charge < -0.3 is 10.1 Å². The third kappa shape index (κ3) is 5.70. The molecule has 6 nitrogen and oxygen atoms in total. The van der Waals surface area contributed by atoms with Crippen molar-refractivity contribution in [2.75, 3.05) is 16.6 Å². The van der Waals surface area contributed by atoms with Crippen molar-refractivity contribution >= 4 is 50.5 Å². The zero-order chi connectivity index (χ0) is 22.6. The molecule has 0 spiro atoms. The molecule has 2 N–H and O–H groups in total. The lowest BCUT2D eigenvalue weighted by atomic mass is 10.2. The number of carbonyl (C=O) groups is 1. The number of sulfonamides is 1. The Hall–Kier alpha value is -2.74. The van der Waals surface area contributed by atoms with Crippen LogP contribution in [0.3, 0.4) is 0 Å². The number of benzene rings is 3. The normalized spacial score (nSPS) is 11.1. The second-order valence-electron chi connectivity index (χ2n) is 6.62. The van der Waals surface area contributed by atoms with Gasteiger partial charge in [0, 0.05) is 15.6 Å². The van der Waals surface area contributed by atoms with E-state index < -0.39 is 15.9 Å². The van der Waals surface area contributed by atoms with Crippen LogP contribution in [-0.4, -0.2) is 20.9 Å². The molecular formula is C22H20Cl2N2O4S. The molecule has 0 unspecified atom stereocenters. The van der Waals surface area contributed by atoms with E-state index >= 15 is 0 Å². The fourth-order valence-electron chi connectivity index (χ4n) is 2.79. The molecule has 0 radical (unpaired) electrons. The summed E-state index contributed by atoms with van der Waals surface area (Å²) in [5.74, 6) is -0.104. The highest BCUT2D eigenvalue weighted by atomic mass is 35.5. The smallest absolute Gasteiger partial charge is 0.261 e. The summed E-state index contributed by atoms with van der Waals surface area (Å²) in [4.78, 5) is 12.6. The number of aryl methyl sites for hydroxylation is 1. The summed E-state index contributed by atoms with van der Waals surface area (Å²) >= 11 is 11.9. The number of rotatable bonds is 7. The summed E-state index contributed by atoms with van der Waals surface area (Å²) in [7, 11) is -3.95. The molecule has 0 heterocycles. The van der Waals surface area contributed by atoms with Crippen LogP contribution in [0, 0.1) is 6.92 Å². The van der Waals surface area contributed by atoms with Gasteiger partial charge >= 0.3 is 0 Å². The summed E-state index contributed by atoms with van der Waals surface area (Å²) in [5.41, 5.74) is 1.63. The Morgan fingerprint density at radius 2 is 1.71 bits per heavy atom. The van der Waals surface area contributed by atoms with Gasteiger partial charge in [-0.15, -0.1) is 0 Å². The summed E-state index contributed by atoms with van der Waals surface area (Å²) < 4.78 is 34.0. The van der Waals surface area contributed by atoms with E-state index in [4.69, 9.17) is 27.9 Å². The predicted octanol–water partition coefficient (Wildman–Crippen LogP) is 5.75. The van der Waals surface area contributed by atoms with Gasteiger partial charge in [-0.25, -0.2) is 8.42 Å². The van der Waals surface area contributed by atoms with E-state index in [1.54, 1.807) is 44.2 Å². The molecule has 0 saturated carbocycles. The van der Waals surface area contributed by atoms with Crippen LogP contribution in [0.1, 0.15) is 22.8 Å². The van der Waals surface area contributed by atoms with Crippen molar-refractivity contribution in [3.8, 4) is 5.75 Å². The van der Waals surface area contributed by atoms with Crippen molar-refractivity contribution in [1.82, 2.24) is 0 Å². The van der Waals surface area contributed by atoms with Crippen LogP contribution in [0.2, 0.25) is 10.0 Å². The molecule has 0 aliphatic rings. The number of nitrogens with one attached hydrogen (secondary N) is 2. The molecular weight excluding hydrogens is 459 g/mol. The minimum Gasteiger partial charge on any atom is -0.492 e. The lowest BCUT2D eigenvalue weighted by Crippen LogP contribution is -2.16. The van der Waals surface area contributed by atoms with Gasteiger partial charge in [0.2, 0.25) is 0 Å². The Morgan fingerprint density at radius 3 is 2.42 bits per heavy atom. The molecule has 0 aromatic heterocycles.